The number of aliphatic hydroxyl groups excluding tert-OH is 1. The Morgan fingerprint density at radius 2 is 1.88 bits per heavy atom. The summed E-state index contributed by atoms with van der Waals surface area (Å²) in [7, 11) is 0. The maximum atomic E-state index is 13.4. The second-order valence-corrected chi connectivity index (χ2v) is 4.34. The van der Waals surface area contributed by atoms with Gasteiger partial charge >= 0.3 is 0 Å². The highest BCUT2D eigenvalue weighted by atomic mass is 19.1. The predicted octanol–water partition coefficient (Wildman–Crippen LogP) is 3.18. The zero-order chi connectivity index (χ0) is 12.9. The number of nitrogens with one attached hydrogen (secondary N) is 1. The summed E-state index contributed by atoms with van der Waals surface area (Å²) >= 11 is 0. The molecular formula is C13H19F2NO. The standard InChI is InChI=1S/C13H19F2NO/c1-3-13(4-2,9-17)8-16-12-7-10(14)5-6-11(12)15/h5-7,16-17H,3-4,8-9H2,1-2H3. The molecule has 2 nitrogen and oxygen atoms in total. The van der Waals surface area contributed by atoms with Crippen LogP contribution in [0.15, 0.2) is 18.2 Å². The summed E-state index contributed by atoms with van der Waals surface area (Å²) in [6, 6.07) is 3.30. The smallest absolute Gasteiger partial charge is 0.146 e. The molecule has 96 valence electrons. The van der Waals surface area contributed by atoms with E-state index in [1.165, 1.54) is 0 Å². The largest absolute Gasteiger partial charge is 0.396 e. The number of anilines is 1. The number of hydrogen-bond acceptors (Lipinski definition) is 2. The summed E-state index contributed by atoms with van der Waals surface area (Å²) in [5.74, 6) is -0.957. The van der Waals surface area contributed by atoms with Crippen LogP contribution in [0.5, 0.6) is 0 Å². The van der Waals surface area contributed by atoms with Gasteiger partial charge < -0.3 is 10.4 Å². The van der Waals surface area contributed by atoms with Crippen LogP contribution >= 0.6 is 0 Å². The molecule has 1 aromatic carbocycles. The van der Waals surface area contributed by atoms with Crippen molar-refractivity contribution in [1.82, 2.24) is 0 Å². The SMILES string of the molecule is CCC(CC)(CO)CNc1cc(F)ccc1F. The number of halogens is 2. The molecule has 0 bridgehead atoms. The first kappa shape index (κ1) is 13.9. The fraction of sp³-hybridized carbons (Fsp3) is 0.538. The Morgan fingerprint density at radius 3 is 2.41 bits per heavy atom. The monoisotopic (exact) mass is 243 g/mol. The van der Waals surface area contributed by atoms with Crippen molar-refractivity contribution in [3.63, 3.8) is 0 Å². The minimum Gasteiger partial charge on any atom is -0.396 e. The van der Waals surface area contributed by atoms with Crippen LogP contribution < -0.4 is 5.32 Å². The van der Waals surface area contributed by atoms with Crippen molar-refractivity contribution in [3.05, 3.63) is 29.8 Å². The van der Waals surface area contributed by atoms with Crippen molar-refractivity contribution in [2.24, 2.45) is 5.41 Å². The van der Waals surface area contributed by atoms with E-state index >= 15 is 0 Å². The molecule has 0 radical (unpaired) electrons. The first-order valence-electron chi connectivity index (χ1n) is 5.86. The van der Waals surface area contributed by atoms with Gasteiger partial charge in [0, 0.05) is 12.0 Å². The minimum atomic E-state index is -0.481. The summed E-state index contributed by atoms with van der Waals surface area (Å²) in [6.07, 6.45) is 1.56. The van der Waals surface area contributed by atoms with Crippen LogP contribution in [0.3, 0.4) is 0 Å². The second kappa shape index (κ2) is 5.96. The zero-order valence-corrected chi connectivity index (χ0v) is 10.3. The van der Waals surface area contributed by atoms with E-state index in [1.54, 1.807) is 0 Å². The summed E-state index contributed by atoms with van der Waals surface area (Å²) in [5.41, 5.74) is -0.136. The Morgan fingerprint density at radius 1 is 1.24 bits per heavy atom. The average molecular weight is 243 g/mol. The maximum Gasteiger partial charge on any atom is 0.146 e. The number of benzene rings is 1. The fourth-order valence-corrected chi connectivity index (χ4v) is 1.70. The molecule has 4 heteroatoms. The van der Waals surface area contributed by atoms with E-state index in [1.807, 2.05) is 13.8 Å². The fourth-order valence-electron chi connectivity index (χ4n) is 1.70. The summed E-state index contributed by atoms with van der Waals surface area (Å²) in [6.45, 7) is 4.41. The molecule has 0 amide bonds. The van der Waals surface area contributed by atoms with Gasteiger partial charge in [0.1, 0.15) is 11.6 Å². The predicted molar refractivity (Wildman–Crippen MR) is 64.9 cm³/mol. The molecule has 0 saturated carbocycles. The molecule has 2 N–H and O–H groups in total. The third-order valence-electron chi connectivity index (χ3n) is 3.42. The first-order chi connectivity index (χ1) is 8.06. The van der Waals surface area contributed by atoms with Gasteiger partial charge in [-0.15, -0.1) is 0 Å². The molecule has 0 aliphatic rings. The van der Waals surface area contributed by atoms with E-state index in [9.17, 15) is 13.9 Å². The Kier molecular flexibility index (Phi) is 4.87. The van der Waals surface area contributed by atoms with Gasteiger partial charge in [0.15, 0.2) is 0 Å². The summed E-state index contributed by atoms with van der Waals surface area (Å²) in [4.78, 5) is 0. The van der Waals surface area contributed by atoms with Crippen LogP contribution in [0, 0.1) is 17.0 Å². The van der Waals surface area contributed by atoms with Gasteiger partial charge in [0.25, 0.3) is 0 Å². The van der Waals surface area contributed by atoms with Gasteiger partial charge in [-0.25, -0.2) is 8.78 Å². The van der Waals surface area contributed by atoms with Crippen molar-refractivity contribution < 1.29 is 13.9 Å². The van der Waals surface area contributed by atoms with Crippen LogP contribution in [0.25, 0.3) is 0 Å². The van der Waals surface area contributed by atoms with Crippen LogP contribution in [0.4, 0.5) is 14.5 Å². The van der Waals surface area contributed by atoms with Crippen LogP contribution in [-0.4, -0.2) is 18.3 Å². The quantitative estimate of drug-likeness (QED) is 0.804. The highest BCUT2D eigenvalue weighted by Gasteiger charge is 2.25. The maximum absolute atomic E-state index is 13.4. The second-order valence-electron chi connectivity index (χ2n) is 4.34. The Hall–Kier alpha value is -1.16. The van der Waals surface area contributed by atoms with E-state index in [0.29, 0.717) is 6.54 Å². The number of hydrogen-bond donors (Lipinski definition) is 2. The van der Waals surface area contributed by atoms with E-state index in [2.05, 4.69) is 5.32 Å². The molecule has 0 saturated heterocycles. The minimum absolute atomic E-state index is 0.0317. The van der Waals surface area contributed by atoms with Gasteiger partial charge in [0.2, 0.25) is 0 Å². The molecule has 0 aliphatic carbocycles. The molecule has 0 spiro atoms. The van der Waals surface area contributed by atoms with Gasteiger partial charge in [-0.3, -0.25) is 0 Å². The van der Waals surface area contributed by atoms with Crippen LogP contribution in [0.1, 0.15) is 26.7 Å². The third kappa shape index (κ3) is 3.40. The van der Waals surface area contributed by atoms with Gasteiger partial charge in [-0.2, -0.15) is 0 Å². The molecule has 0 heterocycles. The molecular weight excluding hydrogens is 224 g/mol. The lowest BCUT2D eigenvalue weighted by atomic mass is 9.83. The molecule has 1 rings (SSSR count). The van der Waals surface area contributed by atoms with E-state index in [0.717, 1.165) is 31.0 Å². The van der Waals surface area contributed by atoms with Gasteiger partial charge in [-0.1, -0.05) is 13.8 Å². The summed E-state index contributed by atoms with van der Waals surface area (Å²) in [5, 5.41) is 12.2. The van der Waals surface area contributed by atoms with Crippen molar-refractivity contribution in [1.29, 1.82) is 0 Å². The molecule has 0 aromatic heterocycles. The lowest BCUT2D eigenvalue weighted by molar-refractivity contribution is 0.127. The van der Waals surface area contributed by atoms with Gasteiger partial charge in [0.05, 0.1) is 12.3 Å². The normalized spacial score (nSPS) is 11.6. The lowest BCUT2D eigenvalue weighted by Gasteiger charge is -2.30. The molecule has 0 aliphatic heterocycles. The number of aliphatic hydroxyl groups is 1. The van der Waals surface area contributed by atoms with Crippen molar-refractivity contribution in [2.45, 2.75) is 26.7 Å². The molecule has 0 unspecified atom stereocenters. The van der Waals surface area contributed by atoms with Crippen LogP contribution in [0.2, 0.25) is 0 Å². The molecule has 17 heavy (non-hydrogen) atoms. The van der Waals surface area contributed by atoms with Gasteiger partial charge in [-0.05, 0) is 31.0 Å². The lowest BCUT2D eigenvalue weighted by Crippen LogP contribution is -2.32. The van der Waals surface area contributed by atoms with Crippen LogP contribution in [-0.2, 0) is 0 Å². The molecule has 1 aromatic rings. The zero-order valence-electron chi connectivity index (χ0n) is 10.3. The Balaban J connectivity index is 2.75. The Labute approximate surface area is 101 Å². The van der Waals surface area contributed by atoms with E-state index in [4.69, 9.17) is 0 Å². The highest BCUT2D eigenvalue weighted by Crippen LogP contribution is 2.27. The Bertz CT molecular complexity index is 356. The third-order valence-corrected chi connectivity index (χ3v) is 3.42. The molecule has 0 atom stereocenters. The van der Waals surface area contributed by atoms with E-state index in [-0.39, 0.29) is 17.7 Å². The van der Waals surface area contributed by atoms with E-state index < -0.39 is 11.6 Å². The first-order valence-corrected chi connectivity index (χ1v) is 5.86. The summed E-state index contributed by atoms with van der Waals surface area (Å²) < 4.78 is 26.3. The molecule has 0 fully saturated rings. The van der Waals surface area contributed by atoms with Crippen molar-refractivity contribution in [3.8, 4) is 0 Å². The topological polar surface area (TPSA) is 32.3 Å². The average Bonchev–Trinajstić information content (AvgIpc) is 2.35. The highest BCUT2D eigenvalue weighted by molar-refractivity contribution is 5.45. The van der Waals surface area contributed by atoms with Crippen molar-refractivity contribution >= 4 is 5.69 Å². The number of rotatable bonds is 6. The van der Waals surface area contributed by atoms with Crippen molar-refractivity contribution in [2.75, 3.05) is 18.5 Å².